The Hall–Kier alpha value is -0.940. The molecule has 0 aromatic heterocycles. The first-order chi connectivity index (χ1) is 7.24. The highest BCUT2D eigenvalue weighted by molar-refractivity contribution is 5.25. The fourth-order valence-electron chi connectivity index (χ4n) is 1.68. The fourth-order valence-corrected chi connectivity index (χ4v) is 1.68. The zero-order chi connectivity index (χ0) is 10.7. The Morgan fingerprint density at radius 3 is 2.40 bits per heavy atom. The molecule has 2 N–H and O–H groups in total. The molecule has 1 fully saturated rings. The second-order valence-corrected chi connectivity index (χ2v) is 3.65. The molecule has 0 spiro atoms. The zero-order valence-corrected chi connectivity index (χ0v) is 8.73. The number of benzene rings is 1. The van der Waals surface area contributed by atoms with Crippen molar-refractivity contribution in [1.82, 2.24) is 0 Å². The Labute approximate surface area is 88.9 Å². The maximum absolute atomic E-state index is 5.55. The molecular weight excluding hydrogens is 194 g/mol. The summed E-state index contributed by atoms with van der Waals surface area (Å²) in [7, 11) is 0. The molecule has 82 valence electrons. The number of nitrogens with two attached hydrogens (primary N) is 1. The summed E-state index contributed by atoms with van der Waals surface area (Å²) in [4.78, 5) is 4.56. The summed E-state index contributed by atoms with van der Waals surface area (Å²) in [5, 5.41) is 0. The first-order valence-electron chi connectivity index (χ1n) is 4.93. The van der Waals surface area contributed by atoms with Crippen LogP contribution in [0.15, 0.2) is 24.3 Å². The largest absolute Gasteiger partial charge is 0.344 e. The third-order valence-corrected chi connectivity index (χ3v) is 2.57. The first kappa shape index (κ1) is 10.6. The van der Waals surface area contributed by atoms with Crippen LogP contribution in [0.2, 0.25) is 0 Å². The molecule has 2 rings (SSSR count). The molecule has 1 aliphatic heterocycles. The molecule has 0 unspecified atom stereocenters. The van der Waals surface area contributed by atoms with E-state index in [1.165, 1.54) is 0 Å². The lowest BCUT2D eigenvalue weighted by atomic mass is 10.1. The Morgan fingerprint density at radius 2 is 1.87 bits per heavy atom. The van der Waals surface area contributed by atoms with Gasteiger partial charge >= 0.3 is 0 Å². The van der Waals surface area contributed by atoms with E-state index in [0.717, 1.165) is 11.1 Å². The molecule has 0 bridgehead atoms. The third kappa shape index (κ3) is 2.18. The van der Waals surface area contributed by atoms with E-state index in [4.69, 9.17) is 15.4 Å². The molecule has 0 saturated carbocycles. The minimum absolute atomic E-state index is 0.415. The predicted molar refractivity (Wildman–Crippen MR) is 54.7 cm³/mol. The van der Waals surface area contributed by atoms with Gasteiger partial charge in [0.1, 0.15) is 0 Å². The molecule has 4 heteroatoms. The zero-order valence-electron chi connectivity index (χ0n) is 8.73. The number of hydrogen-bond donors (Lipinski definition) is 1. The van der Waals surface area contributed by atoms with Crippen LogP contribution >= 0.6 is 0 Å². The van der Waals surface area contributed by atoms with Gasteiger partial charge in [-0.05, 0) is 12.5 Å². The lowest BCUT2D eigenvalue weighted by molar-refractivity contribution is -0.149. The first-order valence-corrected chi connectivity index (χ1v) is 4.93. The summed E-state index contributed by atoms with van der Waals surface area (Å²) in [5.41, 5.74) is 2.05. The van der Waals surface area contributed by atoms with Crippen molar-refractivity contribution < 1.29 is 14.3 Å². The van der Waals surface area contributed by atoms with Gasteiger partial charge < -0.3 is 9.47 Å². The van der Waals surface area contributed by atoms with Crippen LogP contribution < -0.4 is 5.90 Å². The van der Waals surface area contributed by atoms with Gasteiger partial charge in [-0.15, -0.1) is 0 Å². The monoisotopic (exact) mass is 209 g/mol. The molecule has 1 aromatic rings. The van der Waals surface area contributed by atoms with Crippen molar-refractivity contribution in [2.75, 3.05) is 13.2 Å². The summed E-state index contributed by atoms with van der Waals surface area (Å²) in [6.07, 6.45) is 0. The quantitative estimate of drug-likeness (QED) is 0.762. The smallest absolute Gasteiger partial charge is 0.192 e. The van der Waals surface area contributed by atoms with E-state index < -0.39 is 5.79 Å². The standard InChI is InChI=1S/C11H15NO3/c1-11(13-6-7-14-11)10-4-2-9(3-5-10)8-15-12/h2-5H,6-8,12H2,1H3. The van der Waals surface area contributed by atoms with Gasteiger partial charge in [-0.25, -0.2) is 5.90 Å². The van der Waals surface area contributed by atoms with Crippen LogP contribution in [0.5, 0.6) is 0 Å². The Bertz CT molecular complexity index is 317. The minimum Gasteiger partial charge on any atom is -0.344 e. The molecule has 1 aliphatic rings. The summed E-state index contributed by atoms with van der Waals surface area (Å²) < 4.78 is 11.1. The fraction of sp³-hybridized carbons (Fsp3) is 0.455. The summed E-state index contributed by atoms with van der Waals surface area (Å²) in [6.45, 7) is 3.63. The van der Waals surface area contributed by atoms with E-state index in [2.05, 4.69) is 4.84 Å². The van der Waals surface area contributed by atoms with Crippen LogP contribution in [-0.4, -0.2) is 13.2 Å². The molecular formula is C11H15NO3. The maximum atomic E-state index is 5.55. The third-order valence-electron chi connectivity index (χ3n) is 2.57. The molecule has 1 saturated heterocycles. The topological polar surface area (TPSA) is 53.7 Å². The SMILES string of the molecule is CC1(c2ccc(CON)cc2)OCCO1. The molecule has 15 heavy (non-hydrogen) atoms. The molecule has 4 nitrogen and oxygen atoms in total. The van der Waals surface area contributed by atoms with Gasteiger partial charge in [0.15, 0.2) is 5.79 Å². The van der Waals surface area contributed by atoms with E-state index in [1.807, 2.05) is 31.2 Å². The van der Waals surface area contributed by atoms with Gasteiger partial charge in [0.25, 0.3) is 0 Å². The van der Waals surface area contributed by atoms with Crippen LogP contribution in [0, 0.1) is 0 Å². The summed E-state index contributed by atoms with van der Waals surface area (Å²) in [6, 6.07) is 7.86. The van der Waals surface area contributed by atoms with Crippen LogP contribution in [0.25, 0.3) is 0 Å². The highest BCUT2D eigenvalue weighted by Crippen LogP contribution is 2.30. The minimum atomic E-state index is -0.595. The van der Waals surface area contributed by atoms with Gasteiger partial charge in [-0.3, -0.25) is 4.84 Å². The van der Waals surface area contributed by atoms with Crippen molar-refractivity contribution in [3.8, 4) is 0 Å². The average Bonchev–Trinajstić information content (AvgIpc) is 2.68. The highest BCUT2D eigenvalue weighted by atomic mass is 16.7. The van der Waals surface area contributed by atoms with Crippen LogP contribution in [0.3, 0.4) is 0 Å². The van der Waals surface area contributed by atoms with Crippen molar-refractivity contribution in [2.45, 2.75) is 19.3 Å². The van der Waals surface area contributed by atoms with Gasteiger partial charge in [0.05, 0.1) is 19.8 Å². The highest BCUT2D eigenvalue weighted by Gasteiger charge is 2.32. The van der Waals surface area contributed by atoms with E-state index in [-0.39, 0.29) is 0 Å². The predicted octanol–water partition coefficient (Wildman–Crippen LogP) is 1.30. The van der Waals surface area contributed by atoms with Gasteiger partial charge in [-0.2, -0.15) is 0 Å². The normalized spacial score (nSPS) is 19.3. The summed E-state index contributed by atoms with van der Waals surface area (Å²) >= 11 is 0. The number of rotatable bonds is 3. The number of hydrogen-bond acceptors (Lipinski definition) is 4. The Kier molecular flexibility index (Phi) is 3.02. The van der Waals surface area contributed by atoms with Crippen molar-refractivity contribution in [1.29, 1.82) is 0 Å². The lowest BCUT2D eigenvalue weighted by Gasteiger charge is -2.22. The lowest BCUT2D eigenvalue weighted by Crippen LogP contribution is -2.22. The van der Waals surface area contributed by atoms with Gasteiger partial charge in [0.2, 0.25) is 0 Å². The van der Waals surface area contributed by atoms with Crippen molar-refractivity contribution in [3.05, 3.63) is 35.4 Å². The van der Waals surface area contributed by atoms with Crippen molar-refractivity contribution in [3.63, 3.8) is 0 Å². The van der Waals surface area contributed by atoms with E-state index in [1.54, 1.807) is 0 Å². The number of ether oxygens (including phenoxy) is 2. The molecule has 0 radical (unpaired) electrons. The Balaban J connectivity index is 2.15. The van der Waals surface area contributed by atoms with E-state index in [9.17, 15) is 0 Å². The average molecular weight is 209 g/mol. The van der Waals surface area contributed by atoms with Crippen LogP contribution in [0.4, 0.5) is 0 Å². The van der Waals surface area contributed by atoms with Gasteiger partial charge in [0, 0.05) is 5.56 Å². The van der Waals surface area contributed by atoms with Crippen molar-refractivity contribution in [2.24, 2.45) is 5.90 Å². The maximum Gasteiger partial charge on any atom is 0.192 e. The van der Waals surface area contributed by atoms with E-state index in [0.29, 0.717) is 19.8 Å². The van der Waals surface area contributed by atoms with Crippen LogP contribution in [-0.2, 0) is 26.7 Å². The van der Waals surface area contributed by atoms with Gasteiger partial charge in [-0.1, -0.05) is 24.3 Å². The van der Waals surface area contributed by atoms with E-state index >= 15 is 0 Å². The van der Waals surface area contributed by atoms with Crippen LogP contribution in [0.1, 0.15) is 18.1 Å². The second-order valence-electron chi connectivity index (χ2n) is 3.65. The molecule has 0 atom stereocenters. The molecule has 1 heterocycles. The molecule has 0 aliphatic carbocycles. The Morgan fingerprint density at radius 1 is 1.27 bits per heavy atom. The second kappa shape index (κ2) is 4.28. The summed E-state index contributed by atoms with van der Waals surface area (Å²) in [5.74, 6) is 4.40. The molecule has 1 aromatic carbocycles. The molecule has 0 amide bonds. The van der Waals surface area contributed by atoms with Crippen molar-refractivity contribution >= 4 is 0 Å².